The van der Waals surface area contributed by atoms with Gasteiger partial charge in [-0.25, -0.2) is 4.98 Å². The number of benzene rings is 2. The molecule has 2 aromatic carbocycles. The third-order valence-electron chi connectivity index (χ3n) is 4.79. The van der Waals surface area contributed by atoms with Crippen molar-refractivity contribution in [1.82, 2.24) is 4.98 Å². The van der Waals surface area contributed by atoms with Crippen LogP contribution in [0.5, 0.6) is 5.75 Å². The maximum absolute atomic E-state index is 12.7. The molecule has 1 saturated heterocycles. The van der Waals surface area contributed by atoms with E-state index in [1.165, 1.54) is 11.3 Å². The number of ether oxygens (including phenoxy) is 3. The molecule has 1 amide bonds. The largest absolute Gasteiger partial charge is 0.494 e. The van der Waals surface area contributed by atoms with Crippen molar-refractivity contribution in [3.8, 4) is 5.75 Å². The fourth-order valence-electron chi connectivity index (χ4n) is 3.22. The Hall–Kier alpha value is -2.68. The number of hydrogen-bond donors (Lipinski definition) is 1. The van der Waals surface area contributed by atoms with Crippen molar-refractivity contribution in [2.24, 2.45) is 0 Å². The van der Waals surface area contributed by atoms with Crippen LogP contribution >= 0.6 is 11.3 Å². The summed E-state index contributed by atoms with van der Waals surface area (Å²) in [5.74, 6) is 0.458. The van der Waals surface area contributed by atoms with Gasteiger partial charge in [-0.3, -0.25) is 10.1 Å². The number of carbonyl (C=O) groups is 1. The van der Waals surface area contributed by atoms with Crippen LogP contribution in [0.4, 0.5) is 10.8 Å². The van der Waals surface area contributed by atoms with Crippen molar-refractivity contribution < 1.29 is 19.0 Å². The third kappa shape index (κ3) is 4.05. The first-order valence-corrected chi connectivity index (χ1v) is 10.1. The second kappa shape index (κ2) is 8.36. The molecule has 1 aliphatic heterocycles. The molecule has 0 bridgehead atoms. The first kappa shape index (κ1) is 19.6. The van der Waals surface area contributed by atoms with Crippen LogP contribution in [0.3, 0.4) is 0 Å². The molecule has 8 heteroatoms. The Morgan fingerprint density at radius 3 is 2.66 bits per heavy atom. The van der Waals surface area contributed by atoms with Gasteiger partial charge < -0.3 is 19.1 Å². The van der Waals surface area contributed by atoms with Crippen molar-refractivity contribution in [3.63, 3.8) is 0 Å². The van der Waals surface area contributed by atoms with Crippen molar-refractivity contribution in [3.05, 3.63) is 47.5 Å². The molecule has 0 aliphatic carbocycles. The number of amides is 1. The second-order valence-corrected chi connectivity index (χ2v) is 7.88. The van der Waals surface area contributed by atoms with E-state index in [0.29, 0.717) is 41.8 Å². The molecule has 1 fully saturated rings. The molecule has 29 heavy (non-hydrogen) atoms. The topological polar surface area (TPSA) is 72.9 Å². The van der Waals surface area contributed by atoms with E-state index in [0.717, 1.165) is 16.0 Å². The van der Waals surface area contributed by atoms with Gasteiger partial charge in [0.2, 0.25) is 0 Å². The van der Waals surface area contributed by atoms with E-state index in [1.54, 1.807) is 19.2 Å². The van der Waals surface area contributed by atoms with Gasteiger partial charge in [-0.2, -0.15) is 0 Å². The molecule has 3 aromatic rings. The quantitative estimate of drug-likeness (QED) is 0.687. The Bertz CT molecular complexity index is 1010. The number of thiazole rings is 1. The van der Waals surface area contributed by atoms with Gasteiger partial charge in [0.05, 0.1) is 31.6 Å². The summed E-state index contributed by atoms with van der Waals surface area (Å²) in [6, 6.07) is 11.3. The average molecular weight is 413 g/mol. The number of methoxy groups -OCH3 is 1. The predicted molar refractivity (Wildman–Crippen MR) is 114 cm³/mol. The van der Waals surface area contributed by atoms with E-state index in [4.69, 9.17) is 14.2 Å². The van der Waals surface area contributed by atoms with E-state index in [2.05, 4.69) is 10.3 Å². The standard InChI is InChI=1S/C21H23N3O4S/c1-24(2)14-6-4-13(5-7-14)20(25)23-21-22-18-16(26-3)9-8-15(19(18)29-21)17-12-27-10-11-28-17/h4-9,17H,10-12H2,1-3H3,(H,22,23,25). The molecule has 0 spiro atoms. The molecule has 1 unspecified atom stereocenters. The van der Waals surface area contributed by atoms with Crippen molar-refractivity contribution in [2.45, 2.75) is 6.10 Å². The van der Waals surface area contributed by atoms with Gasteiger partial charge in [-0.15, -0.1) is 0 Å². The summed E-state index contributed by atoms with van der Waals surface area (Å²) in [5, 5.41) is 3.42. The number of nitrogens with one attached hydrogen (secondary N) is 1. The first-order chi connectivity index (χ1) is 14.1. The number of rotatable bonds is 5. The summed E-state index contributed by atoms with van der Waals surface area (Å²) in [7, 11) is 5.53. The Labute approximate surface area is 173 Å². The molecule has 1 atom stereocenters. The average Bonchev–Trinajstić information content (AvgIpc) is 3.17. The van der Waals surface area contributed by atoms with Crippen molar-refractivity contribution >= 4 is 38.3 Å². The van der Waals surface area contributed by atoms with Crippen LogP contribution in [0, 0.1) is 0 Å². The van der Waals surface area contributed by atoms with E-state index < -0.39 is 0 Å². The Balaban J connectivity index is 1.62. The fourth-order valence-corrected chi connectivity index (χ4v) is 4.26. The highest BCUT2D eigenvalue weighted by Crippen LogP contribution is 2.39. The van der Waals surface area contributed by atoms with Gasteiger partial charge in [0.1, 0.15) is 17.4 Å². The minimum Gasteiger partial charge on any atom is -0.494 e. The lowest BCUT2D eigenvalue weighted by atomic mass is 10.1. The molecule has 0 saturated carbocycles. The molecule has 7 nitrogen and oxygen atoms in total. The lowest BCUT2D eigenvalue weighted by Crippen LogP contribution is -2.21. The van der Waals surface area contributed by atoms with Crippen LogP contribution in [0.15, 0.2) is 36.4 Å². The number of anilines is 2. The number of fused-ring (bicyclic) bond motifs is 1. The van der Waals surface area contributed by atoms with Crippen LogP contribution in [-0.2, 0) is 9.47 Å². The molecular formula is C21H23N3O4S. The minimum absolute atomic E-state index is 0.153. The Kier molecular flexibility index (Phi) is 5.66. The number of carbonyl (C=O) groups excluding carboxylic acids is 1. The van der Waals surface area contributed by atoms with Gasteiger partial charge >= 0.3 is 0 Å². The molecule has 2 heterocycles. The van der Waals surface area contributed by atoms with Gasteiger partial charge in [0, 0.05) is 30.9 Å². The highest BCUT2D eigenvalue weighted by molar-refractivity contribution is 7.22. The van der Waals surface area contributed by atoms with Crippen LogP contribution in [0.25, 0.3) is 10.2 Å². The van der Waals surface area contributed by atoms with Gasteiger partial charge in [0.25, 0.3) is 5.91 Å². The highest BCUT2D eigenvalue weighted by Gasteiger charge is 2.23. The monoisotopic (exact) mass is 413 g/mol. The van der Waals surface area contributed by atoms with Crippen LogP contribution in [0.2, 0.25) is 0 Å². The summed E-state index contributed by atoms with van der Waals surface area (Å²) in [6.45, 7) is 1.66. The molecule has 1 aliphatic rings. The van der Waals surface area contributed by atoms with E-state index >= 15 is 0 Å². The molecule has 0 radical (unpaired) electrons. The molecule has 4 rings (SSSR count). The lowest BCUT2D eigenvalue weighted by molar-refractivity contribution is -0.0895. The first-order valence-electron chi connectivity index (χ1n) is 9.32. The molecule has 152 valence electrons. The van der Waals surface area contributed by atoms with Crippen LogP contribution < -0.4 is 15.0 Å². The zero-order chi connectivity index (χ0) is 20.4. The van der Waals surface area contributed by atoms with Gasteiger partial charge in [-0.05, 0) is 30.3 Å². The lowest BCUT2D eigenvalue weighted by Gasteiger charge is -2.23. The van der Waals surface area contributed by atoms with Gasteiger partial charge in [-0.1, -0.05) is 17.4 Å². The van der Waals surface area contributed by atoms with Crippen LogP contribution in [-0.4, -0.2) is 51.9 Å². The summed E-state index contributed by atoms with van der Waals surface area (Å²) in [5.41, 5.74) is 3.31. The van der Waals surface area contributed by atoms with E-state index in [1.807, 2.05) is 43.3 Å². The summed E-state index contributed by atoms with van der Waals surface area (Å²) in [6.07, 6.45) is -0.153. The third-order valence-corrected chi connectivity index (χ3v) is 5.81. The maximum Gasteiger partial charge on any atom is 0.257 e. The molecule has 1 aromatic heterocycles. The zero-order valence-electron chi connectivity index (χ0n) is 16.6. The number of nitrogens with zero attached hydrogens (tertiary/aromatic N) is 2. The molecular weight excluding hydrogens is 390 g/mol. The summed E-state index contributed by atoms with van der Waals surface area (Å²) < 4.78 is 17.8. The minimum atomic E-state index is -0.202. The SMILES string of the molecule is COc1ccc(C2COCCO2)c2sc(NC(=O)c3ccc(N(C)C)cc3)nc12. The van der Waals surface area contributed by atoms with Gasteiger partial charge in [0.15, 0.2) is 5.13 Å². The smallest absolute Gasteiger partial charge is 0.257 e. The molecule has 1 N–H and O–H groups in total. The van der Waals surface area contributed by atoms with E-state index in [-0.39, 0.29) is 12.0 Å². The Morgan fingerprint density at radius 1 is 1.21 bits per heavy atom. The normalized spacial score (nSPS) is 16.6. The van der Waals surface area contributed by atoms with Crippen molar-refractivity contribution in [1.29, 1.82) is 0 Å². The number of aromatic nitrogens is 1. The summed E-state index contributed by atoms with van der Waals surface area (Å²) >= 11 is 1.41. The van der Waals surface area contributed by atoms with Crippen LogP contribution in [0.1, 0.15) is 22.0 Å². The van der Waals surface area contributed by atoms with E-state index in [9.17, 15) is 4.79 Å². The van der Waals surface area contributed by atoms with Crippen molar-refractivity contribution in [2.75, 3.05) is 51.2 Å². The Morgan fingerprint density at radius 2 is 2.00 bits per heavy atom. The highest BCUT2D eigenvalue weighted by atomic mass is 32.1. The number of hydrogen-bond acceptors (Lipinski definition) is 7. The second-order valence-electron chi connectivity index (χ2n) is 6.88. The zero-order valence-corrected chi connectivity index (χ0v) is 17.4. The maximum atomic E-state index is 12.7. The predicted octanol–water partition coefficient (Wildman–Crippen LogP) is 3.71. The summed E-state index contributed by atoms with van der Waals surface area (Å²) in [4.78, 5) is 19.3. The fraction of sp³-hybridized carbons (Fsp3) is 0.333.